The van der Waals surface area contributed by atoms with E-state index in [0.717, 1.165) is 11.3 Å². The first-order chi connectivity index (χ1) is 5.74. The highest BCUT2D eigenvalue weighted by Gasteiger charge is 1.99. The zero-order valence-corrected chi connectivity index (χ0v) is 7.33. The average molecular weight is 160 g/mol. The fraction of sp³-hybridized carbons (Fsp3) is 0.300. The minimum Gasteiger partial charge on any atom is -0.372 e. The summed E-state index contributed by atoms with van der Waals surface area (Å²) >= 11 is 0. The summed E-state index contributed by atoms with van der Waals surface area (Å²) in [4.78, 5) is 3.99. The van der Waals surface area contributed by atoms with E-state index < -0.39 is 0 Å². The van der Waals surface area contributed by atoms with Gasteiger partial charge >= 0.3 is 0 Å². The number of aryl methyl sites for hydroxylation is 1. The highest BCUT2D eigenvalue weighted by molar-refractivity contribution is 5.50. The number of aromatic nitrogens is 1. The molecule has 12 heavy (non-hydrogen) atoms. The van der Waals surface area contributed by atoms with Crippen molar-refractivity contribution in [3.63, 3.8) is 0 Å². The first kappa shape index (κ1) is 8.61. The highest BCUT2D eigenvalue weighted by atomic mass is 14.9. The fourth-order valence-corrected chi connectivity index (χ4v) is 0.910. The number of hydrogen-bond donors (Lipinski definition) is 1. The maximum Gasteiger partial charge on any atom is 0.0845 e. The molecule has 0 aliphatic heterocycles. The molecular formula is C10H12N2. The van der Waals surface area contributed by atoms with E-state index in [1.165, 1.54) is 0 Å². The minimum absolute atomic E-state index is 0.0612. The van der Waals surface area contributed by atoms with Crippen LogP contribution >= 0.6 is 0 Å². The van der Waals surface area contributed by atoms with Gasteiger partial charge in [0.05, 0.1) is 6.04 Å². The maximum atomic E-state index is 5.24. The van der Waals surface area contributed by atoms with Gasteiger partial charge in [0, 0.05) is 18.1 Å². The number of terminal acetylenes is 1. The Kier molecular flexibility index (Phi) is 2.71. The van der Waals surface area contributed by atoms with Crippen LogP contribution in [0.1, 0.15) is 12.5 Å². The lowest BCUT2D eigenvalue weighted by Gasteiger charge is -2.10. The van der Waals surface area contributed by atoms with E-state index in [-0.39, 0.29) is 6.04 Å². The predicted octanol–water partition coefficient (Wildman–Crippen LogP) is 1.82. The third-order valence-corrected chi connectivity index (χ3v) is 1.64. The van der Waals surface area contributed by atoms with Crippen LogP contribution in [0.4, 0.5) is 5.69 Å². The molecule has 1 unspecified atom stereocenters. The van der Waals surface area contributed by atoms with Gasteiger partial charge < -0.3 is 5.32 Å². The SMILES string of the molecule is C#CC(C)Nc1ccncc1C. The number of anilines is 1. The second-order valence-electron chi connectivity index (χ2n) is 2.72. The predicted molar refractivity (Wildman–Crippen MR) is 50.9 cm³/mol. The Bertz CT molecular complexity index is 299. The molecule has 0 saturated carbocycles. The molecule has 0 amide bonds. The lowest BCUT2D eigenvalue weighted by molar-refractivity contribution is 1.03. The van der Waals surface area contributed by atoms with Crippen LogP contribution in [0.15, 0.2) is 18.5 Å². The zero-order chi connectivity index (χ0) is 8.97. The van der Waals surface area contributed by atoms with Gasteiger partial charge in [-0.1, -0.05) is 5.92 Å². The minimum atomic E-state index is 0.0612. The molecule has 0 fully saturated rings. The second kappa shape index (κ2) is 3.77. The molecule has 0 aliphatic carbocycles. The van der Waals surface area contributed by atoms with Crippen molar-refractivity contribution < 1.29 is 0 Å². The number of hydrogen-bond acceptors (Lipinski definition) is 2. The topological polar surface area (TPSA) is 24.9 Å². The number of pyridine rings is 1. The van der Waals surface area contributed by atoms with E-state index in [1.54, 1.807) is 6.20 Å². The van der Waals surface area contributed by atoms with Crippen LogP contribution in [0.5, 0.6) is 0 Å². The smallest absolute Gasteiger partial charge is 0.0845 e. The van der Waals surface area contributed by atoms with Gasteiger partial charge in [-0.25, -0.2) is 0 Å². The summed E-state index contributed by atoms with van der Waals surface area (Å²) in [6, 6.07) is 1.98. The molecule has 0 saturated heterocycles. The van der Waals surface area contributed by atoms with Crippen molar-refractivity contribution in [3.05, 3.63) is 24.0 Å². The molecule has 62 valence electrons. The van der Waals surface area contributed by atoms with E-state index in [1.807, 2.05) is 26.1 Å². The van der Waals surface area contributed by atoms with Gasteiger partial charge in [-0.15, -0.1) is 6.42 Å². The van der Waals surface area contributed by atoms with Crippen LogP contribution in [0, 0.1) is 19.3 Å². The van der Waals surface area contributed by atoms with Crippen LogP contribution in [0.25, 0.3) is 0 Å². The van der Waals surface area contributed by atoms with Crippen molar-refractivity contribution in [2.24, 2.45) is 0 Å². The molecule has 1 aromatic heterocycles. The molecular weight excluding hydrogens is 148 g/mol. The molecule has 1 heterocycles. The van der Waals surface area contributed by atoms with Crippen molar-refractivity contribution in [2.45, 2.75) is 19.9 Å². The molecule has 0 aliphatic rings. The Morgan fingerprint density at radius 1 is 1.67 bits per heavy atom. The van der Waals surface area contributed by atoms with Crippen molar-refractivity contribution >= 4 is 5.69 Å². The van der Waals surface area contributed by atoms with Crippen LogP contribution in [0.3, 0.4) is 0 Å². The standard InChI is InChI=1S/C10H12N2/c1-4-9(3)12-10-5-6-11-7-8(10)2/h1,5-7,9H,2-3H3,(H,11,12). The largest absolute Gasteiger partial charge is 0.372 e. The summed E-state index contributed by atoms with van der Waals surface area (Å²) < 4.78 is 0. The quantitative estimate of drug-likeness (QED) is 0.667. The van der Waals surface area contributed by atoms with Gasteiger partial charge in [0.1, 0.15) is 0 Å². The second-order valence-corrected chi connectivity index (χ2v) is 2.72. The summed E-state index contributed by atoms with van der Waals surface area (Å²) in [6.07, 6.45) is 8.80. The molecule has 0 aromatic carbocycles. The summed E-state index contributed by atoms with van der Waals surface area (Å²) in [6.45, 7) is 3.94. The van der Waals surface area contributed by atoms with E-state index in [2.05, 4.69) is 16.2 Å². The summed E-state index contributed by atoms with van der Waals surface area (Å²) in [5.41, 5.74) is 2.16. The van der Waals surface area contributed by atoms with Gasteiger partial charge in [0.2, 0.25) is 0 Å². The number of nitrogens with one attached hydrogen (secondary N) is 1. The Morgan fingerprint density at radius 2 is 2.42 bits per heavy atom. The molecule has 0 radical (unpaired) electrons. The van der Waals surface area contributed by atoms with Crippen molar-refractivity contribution in [1.82, 2.24) is 4.98 Å². The van der Waals surface area contributed by atoms with Gasteiger partial charge in [0.15, 0.2) is 0 Å². The third kappa shape index (κ3) is 2.00. The lowest BCUT2D eigenvalue weighted by Crippen LogP contribution is -2.12. The van der Waals surface area contributed by atoms with Crippen molar-refractivity contribution in [3.8, 4) is 12.3 Å². The average Bonchev–Trinajstić information content (AvgIpc) is 2.09. The number of rotatable bonds is 2. The maximum absolute atomic E-state index is 5.24. The van der Waals surface area contributed by atoms with Crippen molar-refractivity contribution in [1.29, 1.82) is 0 Å². The molecule has 1 rings (SSSR count). The van der Waals surface area contributed by atoms with E-state index in [9.17, 15) is 0 Å². The molecule has 1 atom stereocenters. The van der Waals surface area contributed by atoms with E-state index in [4.69, 9.17) is 6.42 Å². The normalized spacial score (nSPS) is 11.8. The molecule has 0 spiro atoms. The Labute approximate surface area is 73.0 Å². The first-order valence-corrected chi connectivity index (χ1v) is 3.87. The van der Waals surface area contributed by atoms with Gasteiger partial charge in [0.25, 0.3) is 0 Å². The van der Waals surface area contributed by atoms with Gasteiger partial charge in [-0.05, 0) is 25.5 Å². The van der Waals surface area contributed by atoms with E-state index in [0.29, 0.717) is 0 Å². The summed E-state index contributed by atoms with van der Waals surface area (Å²) in [5.74, 6) is 2.61. The zero-order valence-electron chi connectivity index (χ0n) is 7.33. The summed E-state index contributed by atoms with van der Waals surface area (Å²) in [7, 11) is 0. The van der Waals surface area contributed by atoms with Crippen LogP contribution in [0.2, 0.25) is 0 Å². The first-order valence-electron chi connectivity index (χ1n) is 3.87. The fourth-order valence-electron chi connectivity index (χ4n) is 0.910. The van der Waals surface area contributed by atoms with E-state index >= 15 is 0 Å². The Balaban J connectivity index is 2.77. The Morgan fingerprint density at radius 3 is 3.00 bits per heavy atom. The highest BCUT2D eigenvalue weighted by Crippen LogP contribution is 2.12. The van der Waals surface area contributed by atoms with Crippen LogP contribution in [-0.4, -0.2) is 11.0 Å². The monoisotopic (exact) mass is 160 g/mol. The van der Waals surface area contributed by atoms with Gasteiger partial charge in [-0.2, -0.15) is 0 Å². The molecule has 1 N–H and O–H groups in total. The molecule has 2 heteroatoms. The number of nitrogens with zero attached hydrogens (tertiary/aromatic N) is 1. The summed E-state index contributed by atoms with van der Waals surface area (Å²) in [5, 5.41) is 3.18. The lowest BCUT2D eigenvalue weighted by atomic mass is 10.2. The van der Waals surface area contributed by atoms with Crippen molar-refractivity contribution in [2.75, 3.05) is 5.32 Å². The third-order valence-electron chi connectivity index (χ3n) is 1.64. The van der Waals surface area contributed by atoms with Crippen LogP contribution in [-0.2, 0) is 0 Å². The Hall–Kier alpha value is -1.49. The van der Waals surface area contributed by atoms with Crippen LogP contribution < -0.4 is 5.32 Å². The molecule has 2 nitrogen and oxygen atoms in total. The van der Waals surface area contributed by atoms with Gasteiger partial charge in [-0.3, -0.25) is 4.98 Å². The molecule has 0 bridgehead atoms. The molecule has 1 aromatic rings.